The fraction of sp³-hybridized carbons (Fsp3) is 0.571. The standard InChI is InChI=1S/C14H20BrN5/c1-9(2)8-10-13(15)14-16-6-4-12(20(14)18-10)11-5-7-17-19(11)3/h5,7,9,12,16H,4,6,8H2,1-3H3. The molecule has 0 fully saturated rings. The van der Waals surface area contributed by atoms with Crippen LogP contribution in [0.2, 0.25) is 0 Å². The highest BCUT2D eigenvalue weighted by molar-refractivity contribution is 9.10. The molecule has 0 amide bonds. The van der Waals surface area contributed by atoms with Crippen molar-refractivity contribution in [2.24, 2.45) is 13.0 Å². The molecule has 0 saturated carbocycles. The van der Waals surface area contributed by atoms with Crippen LogP contribution in [0.1, 0.15) is 37.7 Å². The van der Waals surface area contributed by atoms with Crippen molar-refractivity contribution in [3.8, 4) is 0 Å². The van der Waals surface area contributed by atoms with Gasteiger partial charge in [0, 0.05) is 19.8 Å². The van der Waals surface area contributed by atoms with Gasteiger partial charge in [-0.25, -0.2) is 4.68 Å². The van der Waals surface area contributed by atoms with Gasteiger partial charge in [-0.1, -0.05) is 13.8 Å². The minimum absolute atomic E-state index is 0.260. The highest BCUT2D eigenvalue weighted by atomic mass is 79.9. The molecule has 0 radical (unpaired) electrons. The van der Waals surface area contributed by atoms with E-state index < -0.39 is 0 Å². The third kappa shape index (κ3) is 2.26. The minimum Gasteiger partial charge on any atom is -0.369 e. The number of nitrogens with one attached hydrogen (secondary N) is 1. The van der Waals surface area contributed by atoms with Gasteiger partial charge in [0.05, 0.1) is 21.9 Å². The van der Waals surface area contributed by atoms with Gasteiger partial charge in [0.15, 0.2) is 0 Å². The van der Waals surface area contributed by atoms with E-state index in [2.05, 4.69) is 50.9 Å². The van der Waals surface area contributed by atoms with Crippen LogP contribution in [0.15, 0.2) is 16.7 Å². The third-order valence-corrected chi connectivity index (χ3v) is 4.56. The Balaban J connectivity index is 2.03. The maximum absolute atomic E-state index is 4.84. The van der Waals surface area contributed by atoms with Gasteiger partial charge in [0.1, 0.15) is 5.82 Å². The normalized spacial score (nSPS) is 18.1. The van der Waals surface area contributed by atoms with Crippen molar-refractivity contribution in [3.05, 3.63) is 28.1 Å². The van der Waals surface area contributed by atoms with Gasteiger partial charge in [-0.3, -0.25) is 4.68 Å². The van der Waals surface area contributed by atoms with Gasteiger partial charge in [-0.05, 0) is 40.8 Å². The van der Waals surface area contributed by atoms with Gasteiger partial charge >= 0.3 is 0 Å². The predicted octanol–water partition coefficient (Wildman–Crippen LogP) is 2.98. The van der Waals surface area contributed by atoms with Crippen LogP contribution in [-0.2, 0) is 13.5 Å². The van der Waals surface area contributed by atoms with E-state index in [1.165, 1.54) is 5.69 Å². The minimum atomic E-state index is 0.260. The predicted molar refractivity (Wildman–Crippen MR) is 82.9 cm³/mol. The molecule has 0 aliphatic carbocycles. The number of fused-ring (bicyclic) bond motifs is 1. The Morgan fingerprint density at radius 1 is 1.50 bits per heavy atom. The summed E-state index contributed by atoms with van der Waals surface area (Å²) in [6.45, 7) is 5.40. The first kappa shape index (κ1) is 13.7. The van der Waals surface area contributed by atoms with Crippen molar-refractivity contribution >= 4 is 21.7 Å². The molecule has 3 rings (SSSR count). The molecule has 0 aromatic carbocycles. The summed E-state index contributed by atoms with van der Waals surface area (Å²) in [5, 5.41) is 12.6. The molecule has 2 aromatic rings. The molecule has 6 heteroatoms. The lowest BCUT2D eigenvalue weighted by atomic mass is 10.1. The maximum Gasteiger partial charge on any atom is 0.139 e. The van der Waals surface area contributed by atoms with Crippen molar-refractivity contribution in [2.75, 3.05) is 11.9 Å². The summed E-state index contributed by atoms with van der Waals surface area (Å²) in [7, 11) is 1.99. The summed E-state index contributed by atoms with van der Waals surface area (Å²) in [6.07, 6.45) is 3.87. The van der Waals surface area contributed by atoms with E-state index in [9.17, 15) is 0 Å². The summed E-state index contributed by atoms with van der Waals surface area (Å²) in [5.41, 5.74) is 2.34. The van der Waals surface area contributed by atoms with Crippen molar-refractivity contribution < 1.29 is 0 Å². The molecule has 2 aromatic heterocycles. The number of rotatable bonds is 3. The first-order valence-corrected chi connectivity index (χ1v) is 7.86. The van der Waals surface area contributed by atoms with Crippen LogP contribution < -0.4 is 5.32 Å². The largest absolute Gasteiger partial charge is 0.369 e. The molecule has 0 saturated heterocycles. The van der Waals surface area contributed by atoms with Gasteiger partial charge < -0.3 is 5.32 Å². The van der Waals surface area contributed by atoms with Crippen molar-refractivity contribution in [1.82, 2.24) is 19.6 Å². The molecule has 1 aliphatic rings. The van der Waals surface area contributed by atoms with Gasteiger partial charge in [-0.2, -0.15) is 10.2 Å². The fourth-order valence-electron chi connectivity index (χ4n) is 2.80. The van der Waals surface area contributed by atoms with Crippen LogP contribution in [0.4, 0.5) is 5.82 Å². The van der Waals surface area contributed by atoms with Crippen LogP contribution in [-0.4, -0.2) is 26.1 Å². The Labute approximate surface area is 127 Å². The second-order valence-electron chi connectivity index (χ2n) is 5.76. The number of hydrogen-bond donors (Lipinski definition) is 1. The van der Waals surface area contributed by atoms with Crippen molar-refractivity contribution in [1.29, 1.82) is 0 Å². The maximum atomic E-state index is 4.84. The Kier molecular flexibility index (Phi) is 3.58. The molecule has 5 nitrogen and oxygen atoms in total. The summed E-state index contributed by atoms with van der Waals surface area (Å²) in [4.78, 5) is 0. The summed E-state index contributed by atoms with van der Waals surface area (Å²) >= 11 is 3.71. The molecular weight excluding hydrogens is 318 g/mol. The van der Waals surface area contributed by atoms with E-state index >= 15 is 0 Å². The Morgan fingerprint density at radius 3 is 2.95 bits per heavy atom. The molecule has 20 heavy (non-hydrogen) atoms. The lowest BCUT2D eigenvalue weighted by Gasteiger charge is -2.25. The summed E-state index contributed by atoms with van der Waals surface area (Å²) < 4.78 is 5.16. The number of anilines is 1. The topological polar surface area (TPSA) is 47.7 Å². The molecule has 1 unspecified atom stereocenters. The highest BCUT2D eigenvalue weighted by Gasteiger charge is 2.28. The number of halogens is 1. The van der Waals surface area contributed by atoms with Crippen LogP contribution in [0, 0.1) is 5.92 Å². The zero-order valence-electron chi connectivity index (χ0n) is 12.1. The third-order valence-electron chi connectivity index (χ3n) is 3.73. The molecule has 108 valence electrons. The molecular formula is C14H20BrN5. The van der Waals surface area contributed by atoms with E-state index in [4.69, 9.17) is 5.10 Å². The molecule has 1 N–H and O–H groups in total. The second kappa shape index (κ2) is 5.24. The smallest absolute Gasteiger partial charge is 0.139 e. The zero-order chi connectivity index (χ0) is 14.3. The van der Waals surface area contributed by atoms with Crippen LogP contribution in [0.5, 0.6) is 0 Å². The molecule has 1 aliphatic heterocycles. The van der Waals surface area contributed by atoms with Crippen LogP contribution in [0.3, 0.4) is 0 Å². The number of nitrogens with zero attached hydrogens (tertiary/aromatic N) is 4. The lowest BCUT2D eigenvalue weighted by Crippen LogP contribution is -2.26. The van der Waals surface area contributed by atoms with Gasteiger partial charge in [-0.15, -0.1) is 0 Å². The first-order chi connectivity index (χ1) is 9.58. The van der Waals surface area contributed by atoms with Gasteiger partial charge in [0.2, 0.25) is 0 Å². The molecule has 3 heterocycles. The molecule has 0 bridgehead atoms. The average Bonchev–Trinajstić information content (AvgIpc) is 2.95. The monoisotopic (exact) mass is 337 g/mol. The number of aryl methyl sites for hydroxylation is 1. The summed E-state index contributed by atoms with van der Waals surface area (Å²) in [6, 6.07) is 2.34. The molecule has 1 atom stereocenters. The average molecular weight is 338 g/mol. The quantitative estimate of drug-likeness (QED) is 0.936. The number of aromatic nitrogens is 4. The summed E-state index contributed by atoms with van der Waals surface area (Å²) in [5.74, 6) is 1.69. The zero-order valence-corrected chi connectivity index (χ0v) is 13.7. The van der Waals surface area contributed by atoms with E-state index in [1.807, 2.05) is 17.9 Å². The first-order valence-electron chi connectivity index (χ1n) is 7.06. The number of hydrogen-bond acceptors (Lipinski definition) is 3. The molecule has 0 spiro atoms. The SMILES string of the molecule is CC(C)Cc1nn2c(c1Br)NCCC2c1ccnn1C. The van der Waals surface area contributed by atoms with Crippen LogP contribution in [0.25, 0.3) is 0 Å². The van der Waals surface area contributed by atoms with E-state index in [0.29, 0.717) is 5.92 Å². The van der Waals surface area contributed by atoms with Crippen LogP contribution >= 0.6 is 15.9 Å². The van der Waals surface area contributed by atoms with Gasteiger partial charge in [0.25, 0.3) is 0 Å². The fourth-order valence-corrected chi connectivity index (χ4v) is 3.36. The van der Waals surface area contributed by atoms with E-state index in [1.54, 1.807) is 0 Å². The Hall–Kier alpha value is -1.30. The van der Waals surface area contributed by atoms with E-state index in [0.717, 1.165) is 35.4 Å². The second-order valence-corrected chi connectivity index (χ2v) is 6.56. The highest BCUT2D eigenvalue weighted by Crippen LogP contribution is 2.36. The Morgan fingerprint density at radius 2 is 2.30 bits per heavy atom. The lowest BCUT2D eigenvalue weighted by molar-refractivity contribution is 0.447. The Bertz CT molecular complexity index is 613. The van der Waals surface area contributed by atoms with E-state index in [-0.39, 0.29) is 6.04 Å². The van der Waals surface area contributed by atoms with Crippen molar-refractivity contribution in [2.45, 2.75) is 32.7 Å². The van der Waals surface area contributed by atoms with Crippen molar-refractivity contribution in [3.63, 3.8) is 0 Å².